The number of ketones is 1. The van der Waals surface area contributed by atoms with Gasteiger partial charge in [-0.15, -0.1) is 0 Å². The normalized spacial score (nSPS) is 24.9. The Bertz CT molecular complexity index is 630. The maximum Gasteiger partial charge on any atom is 0.356 e. The lowest BCUT2D eigenvalue weighted by Crippen LogP contribution is -2.41. The minimum atomic E-state index is -1.36. The summed E-state index contributed by atoms with van der Waals surface area (Å²) in [6, 6.07) is 0. The molecule has 0 saturated heterocycles. The van der Waals surface area contributed by atoms with Crippen LogP contribution in [0.5, 0.6) is 0 Å². The van der Waals surface area contributed by atoms with Crippen molar-refractivity contribution in [3.05, 3.63) is 20.8 Å². The Morgan fingerprint density at radius 2 is 2.05 bits per heavy atom. The van der Waals surface area contributed by atoms with Crippen LogP contribution >= 0.6 is 31.9 Å². The van der Waals surface area contributed by atoms with Crippen molar-refractivity contribution in [2.24, 2.45) is 5.16 Å². The smallest absolute Gasteiger partial charge is 0.356 e. The molecule has 1 aliphatic carbocycles. The summed E-state index contributed by atoms with van der Waals surface area (Å²) >= 11 is 6.52. The fraction of sp³-hybridized carbons (Fsp3) is 0.500. The molecule has 0 bridgehead atoms. The number of carbonyl (C=O) groups excluding carboxylic acids is 2. The number of halogens is 2. The Morgan fingerprint density at radius 3 is 2.59 bits per heavy atom. The molecule has 1 aliphatic heterocycles. The van der Waals surface area contributed by atoms with Crippen LogP contribution in [0, 0.1) is 0 Å². The van der Waals surface area contributed by atoms with Crippen LogP contribution in [0.2, 0.25) is 0 Å². The molecule has 0 radical (unpaired) electrons. The van der Waals surface area contributed by atoms with Gasteiger partial charge in [0.25, 0.3) is 0 Å². The van der Waals surface area contributed by atoms with Gasteiger partial charge in [0, 0.05) is 0 Å². The van der Waals surface area contributed by atoms with Crippen molar-refractivity contribution >= 4 is 49.3 Å². The number of rotatable bonds is 2. The van der Waals surface area contributed by atoms with Crippen molar-refractivity contribution in [1.29, 1.82) is 0 Å². The van der Waals surface area contributed by atoms with Crippen molar-refractivity contribution < 1.29 is 23.9 Å². The zero-order valence-corrected chi connectivity index (χ0v) is 15.7. The van der Waals surface area contributed by atoms with E-state index in [9.17, 15) is 9.59 Å². The predicted molar refractivity (Wildman–Crippen MR) is 86.7 cm³/mol. The predicted octanol–water partition coefficient (Wildman–Crippen LogP) is 2.96. The van der Waals surface area contributed by atoms with Gasteiger partial charge in [0.2, 0.25) is 11.4 Å². The molecule has 1 spiro atoms. The van der Waals surface area contributed by atoms with Crippen molar-refractivity contribution in [1.82, 2.24) is 0 Å². The zero-order chi connectivity index (χ0) is 16.7. The van der Waals surface area contributed by atoms with Crippen LogP contribution in [0.15, 0.2) is 26.0 Å². The molecule has 0 aromatic carbocycles. The van der Waals surface area contributed by atoms with E-state index >= 15 is 0 Å². The Morgan fingerprint density at radius 1 is 1.41 bits per heavy atom. The maximum absolute atomic E-state index is 12.5. The van der Waals surface area contributed by atoms with E-state index in [-0.39, 0.29) is 22.4 Å². The molecule has 0 fully saturated rings. The molecule has 22 heavy (non-hydrogen) atoms. The van der Waals surface area contributed by atoms with E-state index < -0.39 is 17.2 Å². The summed E-state index contributed by atoms with van der Waals surface area (Å²) in [6.45, 7) is 5.26. The lowest BCUT2D eigenvalue weighted by atomic mass is 9.88. The molecule has 8 heteroatoms. The van der Waals surface area contributed by atoms with Crippen LogP contribution in [0.1, 0.15) is 27.2 Å². The zero-order valence-electron chi connectivity index (χ0n) is 12.5. The van der Waals surface area contributed by atoms with Gasteiger partial charge in [0.1, 0.15) is 10.1 Å². The third-order valence-electron chi connectivity index (χ3n) is 2.95. The van der Waals surface area contributed by atoms with Crippen LogP contribution in [0.4, 0.5) is 0 Å². The van der Waals surface area contributed by atoms with Gasteiger partial charge >= 0.3 is 5.97 Å². The molecule has 6 nitrogen and oxygen atoms in total. The molecular weight excluding hydrogens is 422 g/mol. The number of oxime groups is 1. The third-order valence-corrected chi connectivity index (χ3v) is 4.26. The van der Waals surface area contributed by atoms with Gasteiger partial charge in [0.05, 0.1) is 18.0 Å². The first kappa shape index (κ1) is 17.2. The summed E-state index contributed by atoms with van der Waals surface area (Å²) in [5.41, 5.74) is -1.93. The first-order chi connectivity index (χ1) is 10.1. The molecular formula is C14H15Br2NO5. The average molecular weight is 437 g/mol. The summed E-state index contributed by atoms with van der Waals surface area (Å²) in [4.78, 5) is 29.9. The molecule has 1 heterocycles. The summed E-state index contributed by atoms with van der Waals surface area (Å²) in [6.07, 6.45) is 1.54. The largest absolute Gasteiger partial charge is 0.494 e. The highest BCUT2D eigenvalue weighted by molar-refractivity contribution is 9.12. The van der Waals surface area contributed by atoms with E-state index in [1.165, 1.54) is 7.11 Å². The average Bonchev–Trinajstić information content (AvgIpc) is 2.80. The Labute approximate surface area is 144 Å². The number of methoxy groups -OCH3 is 1. The van der Waals surface area contributed by atoms with E-state index in [2.05, 4.69) is 37.0 Å². The van der Waals surface area contributed by atoms with Gasteiger partial charge in [-0.1, -0.05) is 5.16 Å². The molecule has 0 saturated carbocycles. The van der Waals surface area contributed by atoms with Gasteiger partial charge in [-0.3, -0.25) is 4.79 Å². The highest BCUT2D eigenvalue weighted by Gasteiger charge is 2.51. The van der Waals surface area contributed by atoms with Crippen molar-refractivity contribution in [2.45, 2.75) is 38.4 Å². The Balaban J connectivity index is 2.23. The van der Waals surface area contributed by atoms with Gasteiger partial charge in [-0.25, -0.2) is 4.79 Å². The number of nitrogens with zero attached hydrogens (tertiary/aromatic N) is 1. The quantitative estimate of drug-likeness (QED) is 0.622. The topological polar surface area (TPSA) is 74.2 Å². The highest BCUT2D eigenvalue weighted by Crippen LogP contribution is 2.41. The second-order valence-electron chi connectivity index (χ2n) is 5.87. The number of carbonyl (C=O) groups is 2. The number of hydrogen-bond donors (Lipinski definition) is 0. The van der Waals surface area contributed by atoms with Gasteiger partial charge in [-0.05, 0) is 58.7 Å². The molecule has 1 unspecified atom stereocenters. The van der Waals surface area contributed by atoms with E-state index in [1.54, 1.807) is 26.8 Å². The van der Waals surface area contributed by atoms with Crippen molar-refractivity contribution in [3.63, 3.8) is 0 Å². The van der Waals surface area contributed by atoms with Gasteiger partial charge in [0.15, 0.2) is 11.5 Å². The number of esters is 1. The van der Waals surface area contributed by atoms with E-state index in [4.69, 9.17) is 14.3 Å². The van der Waals surface area contributed by atoms with Crippen LogP contribution in [0.25, 0.3) is 0 Å². The summed E-state index contributed by atoms with van der Waals surface area (Å²) in [5.74, 6) is -0.598. The van der Waals surface area contributed by atoms with E-state index in [0.717, 1.165) is 0 Å². The summed E-state index contributed by atoms with van der Waals surface area (Å²) in [7, 11) is 1.45. The van der Waals surface area contributed by atoms with Crippen LogP contribution in [0.3, 0.4) is 0 Å². The molecule has 0 amide bonds. The van der Waals surface area contributed by atoms with Crippen molar-refractivity contribution in [2.75, 3.05) is 7.11 Å². The van der Waals surface area contributed by atoms with Crippen LogP contribution in [-0.2, 0) is 23.9 Å². The fourth-order valence-corrected chi connectivity index (χ4v) is 3.72. The molecule has 120 valence electrons. The first-order valence-electron chi connectivity index (χ1n) is 6.45. The molecule has 2 aliphatic rings. The maximum atomic E-state index is 12.5. The molecule has 1 atom stereocenters. The van der Waals surface area contributed by atoms with Gasteiger partial charge < -0.3 is 14.3 Å². The monoisotopic (exact) mass is 435 g/mol. The molecule has 0 aromatic rings. The number of ether oxygens (including phenoxy) is 2. The third kappa shape index (κ3) is 3.12. The van der Waals surface area contributed by atoms with Crippen molar-refractivity contribution in [3.8, 4) is 0 Å². The first-order valence-corrected chi connectivity index (χ1v) is 8.04. The van der Waals surface area contributed by atoms with Crippen LogP contribution in [-0.4, -0.2) is 35.8 Å². The summed E-state index contributed by atoms with van der Waals surface area (Å²) < 4.78 is 11.2. The second-order valence-corrected chi connectivity index (χ2v) is 7.51. The minimum absolute atomic E-state index is 0.00193. The van der Waals surface area contributed by atoms with Crippen LogP contribution < -0.4 is 0 Å². The Hall–Kier alpha value is -1.15. The summed E-state index contributed by atoms with van der Waals surface area (Å²) in [5, 5.41) is 3.74. The molecule has 0 aromatic heterocycles. The standard InChI is InChI=1S/C14H15Br2NO5/c1-13(2,3)21-12(19)8-6-14(22-17-8)5-7(15)10(20-4)9(16)11(14)18/h5H,6H2,1-4H3. The highest BCUT2D eigenvalue weighted by atomic mass is 79.9. The number of Topliss-reactive ketones (excluding diaryl/α,β-unsaturated/α-hetero) is 1. The minimum Gasteiger partial charge on any atom is -0.494 e. The van der Waals surface area contributed by atoms with E-state index in [1.807, 2.05) is 0 Å². The molecule has 2 rings (SSSR count). The second kappa shape index (κ2) is 5.81. The number of allylic oxidation sites excluding steroid dienone is 1. The lowest BCUT2D eigenvalue weighted by Gasteiger charge is -2.26. The lowest BCUT2D eigenvalue weighted by molar-refractivity contribution is -0.146. The number of hydrogen-bond acceptors (Lipinski definition) is 6. The SMILES string of the molecule is COC1=C(Br)C(=O)C2(C=C1Br)CC(C(=O)OC(C)(C)C)=NO2. The van der Waals surface area contributed by atoms with E-state index in [0.29, 0.717) is 10.2 Å². The fourth-order valence-electron chi connectivity index (χ4n) is 2.01. The Kier molecular flexibility index (Phi) is 4.54. The van der Waals surface area contributed by atoms with Gasteiger partial charge in [-0.2, -0.15) is 0 Å². The molecule has 0 N–H and O–H groups in total.